The summed E-state index contributed by atoms with van der Waals surface area (Å²) in [4.78, 5) is 23.6. The normalized spacial score (nSPS) is 16.6. The van der Waals surface area contributed by atoms with Gasteiger partial charge < -0.3 is 15.3 Å². The summed E-state index contributed by atoms with van der Waals surface area (Å²) in [7, 11) is 2.08. The Morgan fingerprint density at radius 2 is 2.14 bits per heavy atom. The number of carboxylic acid groups (broad SMARTS) is 1. The largest absolute Gasteiger partial charge is 0.478 e. The van der Waals surface area contributed by atoms with Crippen molar-refractivity contribution in [3.63, 3.8) is 0 Å². The molecule has 7 heteroatoms. The van der Waals surface area contributed by atoms with Crippen LogP contribution in [-0.2, 0) is 0 Å². The molecule has 1 aliphatic heterocycles. The highest BCUT2D eigenvalue weighted by Crippen LogP contribution is 2.27. The van der Waals surface area contributed by atoms with E-state index in [1.807, 2.05) is 0 Å². The average molecular weight is 293 g/mol. The molecule has 0 bridgehead atoms. The second-order valence-electron chi connectivity index (χ2n) is 5.42. The SMILES string of the molecule is CN1CCC(CNc2ccc(C(=O)O)cc2[N+](=O)[O-])CC1. The molecule has 0 saturated carbocycles. The Morgan fingerprint density at radius 1 is 1.48 bits per heavy atom. The van der Waals surface area contributed by atoms with E-state index in [4.69, 9.17) is 5.11 Å². The number of aromatic carboxylic acids is 1. The molecule has 0 aromatic heterocycles. The van der Waals surface area contributed by atoms with Crippen LogP contribution in [0.15, 0.2) is 18.2 Å². The summed E-state index contributed by atoms with van der Waals surface area (Å²) >= 11 is 0. The van der Waals surface area contributed by atoms with Gasteiger partial charge in [-0.15, -0.1) is 0 Å². The number of carboxylic acids is 1. The number of nitro benzene ring substituents is 1. The van der Waals surface area contributed by atoms with Crippen molar-refractivity contribution >= 4 is 17.3 Å². The van der Waals surface area contributed by atoms with Crippen molar-refractivity contribution in [3.8, 4) is 0 Å². The molecule has 2 N–H and O–H groups in total. The molecule has 21 heavy (non-hydrogen) atoms. The minimum absolute atomic E-state index is 0.0773. The molecular formula is C14H19N3O4. The summed E-state index contributed by atoms with van der Waals surface area (Å²) in [5, 5.41) is 23.0. The molecule has 2 rings (SSSR count). The van der Waals surface area contributed by atoms with Gasteiger partial charge >= 0.3 is 5.97 Å². The number of nitrogens with zero attached hydrogens (tertiary/aromatic N) is 2. The van der Waals surface area contributed by atoms with E-state index < -0.39 is 10.9 Å². The third-order valence-electron chi connectivity index (χ3n) is 3.86. The van der Waals surface area contributed by atoms with Crippen LogP contribution in [0.5, 0.6) is 0 Å². The van der Waals surface area contributed by atoms with Gasteiger partial charge in [0, 0.05) is 12.6 Å². The number of hydrogen-bond acceptors (Lipinski definition) is 5. The number of nitrogens with one attached hydrogen (secondary N) is 1. The maximum atomic E-state index is 11.1. The molecule has 1 saturated heterocycles. The quantitative estimate of drug-likeness (QED) is 0.637. The van der Waals surface area contributed by atoms with Crippen molar-refractivity contribution in [1.29, 1.82) is 0 Å². The van der Waals surface area contributed by atoms with E-state index >= 15 is 0 Å². The van der Waals surface area contributed by atoms with Crippen LogP contribution in [-0.4, -0.2) is 47.6 Å². The zero-order chi connectivity index (χ0) is 15.4. The molecule has 114 valence electrons. The molecular weight excluding hydrogens is 274 g/mol. The van der Waals surface area contributed by atoms with Crippen molar-refractivity contribution in [2.45, 2.75) is 12.8 Å². The van der Waals surface area contributed by atoms with Crippen molar-refractivity contribution in [1.82, 2.24) is 4.90 Å². The Balaban J connectivity index is 2.05. The molecule has 1 fully saturated rings. The lowest BCUT2D eigenvalue weighted by atomic mass is 9.97. The van der Waals surface area contributed by atoms with Gasteiger partial charge in [-0.3, -0.25) is 10.1 Å². The van der Waals surface area contributed by atoms with Gasteiger partial charge in [-0.2, -0.15) is 0 Å². The summed E-state index contributed by atoms with van der Waals surface area (Å²) in [5.41, 5.74) is 0.110. The van der Waals surface area contributed by atoms with Gasteiger partial charge in [-0.05, 0) is 51.0 Å². The molecule has 0 aliphatic carbocycles. The highest BCUT2D eigenvalue weighted by molar-refractivity contribution is 5.89. The Bertz CT molecular complexity index is 539. The third-order valence-corrected chi connectivity index (χ3v) is 3.86. The van der Waals surface area contributed by atoms with Crippen LogP contribution in [0, 0.1) is 16.0 Å². The first-order valence-corrected chi connectivity index (χ1v) is 6.91. The molecule has 1 aliphatic rings. The van der Waals surface area contributed by atoms with Crippen molar-refractivity contribution in [2.75, 3.05) is 32.0 Å². The lowest BCUT2D eigenvalue weighted by molar-refractivity contribution is -0.384. The number of rotatable bonds is 5. The highest BCUT2D eigenvalue weighted by atomic mass is 16.6. The predicted molar refractivity (Wildman–Crippen MR) is 78.8 cm³/mol. The first kappa shape index (κ1) is 15.2. The third kappa shape index (κ3) is 3.91. The van der Waals surface area contributed by atoms with E-state index in [9.17, 15) is 14.9 Å². The minimum atomic E-state index is -1.17. The summed E-state index contributed by atoms with van der Waals surface area (Å²) in [6, 6.07) is 3.95. The van der Waals surface area contributed by atoms with Gasteiger partial charge in [0.15, 0.2) is 0 Å². The number of hydrogen-bond donors (Lipinski definition) is 2. The van der Waals surface area contributed by atoms with E-state index in [0.717, 1.165) is 32.0 Å². The lowest BCUT2D eigenvalue weighted by Gasteiger charge is -2.29. The van der Waals surface area contributed by atoms with E-state index in [0.29, 0.717) is 18.2 Å². The molecule has 0 atom stereocenters. The summed E-state index contributed by atoms with van der Waals surface area (Å²) in [6.07, 6.45) is 2.12. The first-order chi connectivity index (χ1) is 9.97. The van der Waals surface area contributed by atoms with Crippen molar-refractivity contribution in [3.05, 3.63) is 33.9 Å². The Kier molecular flexibility index (Phi) is 4.74. The maximum Gasteiger partial charge on any atom is 0.335 e. The van der Waals surface area contributed by atoms with Crippen molar-refractivity contribution in [2.24, 2.45) is 5.92 Å². The Labute approximate surface area is 122 Å². The maximum absolute atomic E-state index is 11.1. The van der Waals surface area contributed by atoms with Crippen LogP contribution in [0.25, 0.3) is 0 Å². The smallest absolute Gasteiger partial charge is 0.335 e. The fourth-order valence-corrected chi connectivity index (χ4v) is 2.49. The van der Waals surface area contributed by atoms with Gasteiger partial charge in [0.25, 0.3) is 5.69 Å². The topological polar surface area (TPSA) is 95.7 Å². The number of anilines is 1. The molecule has 7 nitrogen and oxygen atoms in total. The standard InChI is InChI=1S/C14H19N3O4/c1-16-6-4-10(5-7-16)9-15-12-3-2-11(14(18)19)8-13(12)17(20)21/h2-3,8,10,15H,4-7,9H2,1H3,(H,18,19). The fraction of sp³-hybridized carbons (Fsp3) is 0.500. The van der Waals surface area contributed by atoms with Gasteiger partial charge in [0.05, 0.1) is 10.5 Å². The van der Waals surface area contributed by atoms with E-state index in [2.05, 4.69) is 17.3 Å². The van der Waals surface area contributed by atoms with Gasteiger partial charge in [-0.25, -0.2) is 4.79 Å². The van der Waals surface area contributed by atoms with E-state index in [1.54, 1.807) is 0 Å². The zero-order valence-electron chi connectivity index (χ0n) is 11.9. The van der Waals surface area contributed by atoms with Gasteiger partial charge in [-0.1, -0.05) is 0 Å². The van der Waals surface area contributed by atoms with Crippen LogP contribution in [0.2, 0.25) is 0 Å². The van der Waals surface area contributed by atoms with E-state index in [-0.39, 0.29) is 11.3 Å². The zero-order valence-corrected chi connectivity index (χ0v) is 11.9. The predicted octanol–water partition coefficient (Wildman–Crippen LogP) is 2.05. The Hall–Kier alpha value is -2.15. The molecule has 0 unspecified atom stereocenters. The summed E-state index contributed by atoms with van der Waals surface area (Å²) in [5.74, 6) is -0.681. The lowest BCUT2D eigenvalue weighted by Crippen LogP contribution is -2.33. The van der Waals surface area contributed by atoms with Crippen LogP contribution < -0.4 is 5.32 Å². The van der Waals surface area contributed by atoms with Crippen LogP contribution in [0.3, 0.4) is 0 Å². The molecule has 0 radical (unpaired) electrons. The number of piperidine rings is 1. The second kappa shape index (κ2) is 6.53. The molecule has 1 heterocycles. The number of benzene rings is 1. The van der Waals surface area contributed by atoms with Crippen LogP contribution in [0.4, 0.5) is 11.4 Å². The van der Waals surface area contributed by atoms with Crippen LogP contribution in [0.1, 0.15) is 23.2 Å². The summed E-state index contributed by atoms with van der Waals surface area (Å²) < 4.78 is 0. The fourth-order valence-electron chi connectivity index (χ4n) is 2.49. The monoisotopic (exact) mass is 293 g/mol. The molecule has 0 amide bonds. The van der Waals surface area contributed by atoms with E-state index in [1.165, 1.54) is 12.1 Å². The molecule has 1 aromatic rings. The highest BCUT2D eigenvalue weighted by Gasteiger charge is 2.20. The molecule has 0 spiro atoms. The Morgan fingerprint density at radius 3 is 2.71 bits per heavy atom. The minimum Gasteiger partial charge on any atom is -0.478 e. The first-order valence-electron chi connectivity index (χ1n) is 6.91. The van der Waals surface area contributed by atoms with Gasteiger partial charge in [0.2, 0.25) is 0 Å². The summed E-state index contributed by atoms with van der Waals surface area (Å²) in [6.45, 7) is 2.74. The average Bonchev–Trinajstić information content (AvgIpc) is 2.46. The number of carbonyl (C=O) groups is 1. The number of nitro groups is 1. The van der Waals surface area contributed by atoms with Crippen LogP contribution >= 0.6 is 0 Å². The number of likely N-dealkylation sites (tertiary alicyclic amines) is 1. The molecule has 1 aromatic carbocycles. The van der Waals surface area contributed by atoms with Gasteiger partial charge in [0.1, 0.15) is 5.69 Å². The second-order valence-corrected chi connectivity index (χ2v) is 5.42. The van der Waals surface area contributed by atoms with Crippen molar-refractivity contribution < 1.29 is 14.8 Å².